The average molecular weight is 367 g/mol. The molecule has 1 heterocycles. The average Bonchev–Trinajstić information content (AvgIpc) is 3.08. The van der Waals surface area contributed by atoms with Crippen molar-refractivity contribution in [3.63, 3.8) is 0 Å². The van der Waals surface area contributed by atoms with E-state index >= 15 is 0 Å². The molecule has 0 radical (unpaired) electrons. The SMILES string of the molecule is Cc1ccc(C(=O)N[C@H](C(N)=O)c2nnc(Nc3ccccc3)s2)cc1. The number of amides is 2. The van der Waals surface area contributed by atoms with Gasteiger partial charge in [-0.05, 0) is 31.2 Å². The molecule has 0 bridgehead atoms. The van der Waals surface area contributed by atoms with E-state index < -0.39 is 17.9 Å². The monoisotopic (exact) mass is 367 g/mol. The summed E-state index contributed by atoms with van der Waals surface area (Å²) in [7, 11) is 0. The van der Waals surface area contributed by atoms with Gasteiger partial charge in [-0.25, -0.2) is 0 Å². The molecule has 26 heavy (non-hydrogen) atoms. The van der Waals surface area contributed by atoms with Gasteiger partial charge in [0.2, 0.25) is 11.0 Å². The zero-order valence-electron chi connectivity index (χ0n) is 14.0. The molecule has 3 rings (SSSR count). The van der Waals surface area contributed by atoms with Gasteiger partial charge in [-0.1, -0.05) is 47.2 Å². The first-order valence-electron chi connectivity index (χ1n) is 7.85. The van der Waals surface area contributed by atoms with Gasteiger partial charge < -0.3 is 16.4 Å². The van der Waals surface area contributed by atoms with Crippen molar-refractivity contribution in [1.29, 1.82) is 0 Å². The molecule has 0 aliphatic heterocycles. The Bertz CT molecular complexity index is 909. The number of aromatic nitrogens is 2. The number of anilines is 2. The molecule has 2 aromatic carbocycles. The Hall–Kier alpha value is -3.26. The number of nitrogens with zero attached hydrogens (tertiary/aromatic N) is 2. The summed E-state index contributed by atoms with van der Waals surface area (Å²) in [5, 5.41) is 14.5. The van der Waals surface area contributed by atoms with Gasteiger partial charge in [-0.15, -0.1) is 10.2 Å². The smallest absolute Gasteiger partial charge is 0.252 e. The fourth-order valence-corrected chi connectivity index (χ4v) is 3.04. The molecule has 2 amide bonds. The van der Waals surface area contributed by atoms with Crippen molar-refractivity contribution in [2.75, 3.05) is 5.32 Å². The Morgan fingerprint density at radius 2 is 1.73 bits per heavy atom. The Labute approximate surface area is 154 Å². The van der Waals surface area contributed by atoms with Crippen molar-refractivity contribution in [2.45, 2.75) is 13.0 Å². The molecule has 0 aliphatic carbocycles. The van der Waals surface area contributed by atoms with Crippen LogP contribution in [0.1, 0.15) is 27.0 Å². The lowest BCUT2D eigenvalue weighted by Gasteiger charge is -2.12. The van der Waals surface area contributed by atoms with E-state index in [2.05, 4.69) is 20.8 Å². The van der Waals surface area contributed by atoms with Crippen molar-refractivity contribution in [3.05, 3.63) is 70.7 Å². The normalized spacial score (nSPS) is 11.6. The lowest BCUT2D eigenvalue weighted by molar-refractivity contribution is -0.120. The fraction of sp³-hybridized carbons (Fsp3) is 0.111. The van der Waals surface area contributed by atoms with Gasteiger partial charge in [-0.2, -0.15) is 0 Å². The Balaban J connectivity index is 1.75. The first-order valence-corrected chi connectivity index (χ1v) is 8.67. The molecule has 7 nitrogen and oxygen atoms in total. The first-order chi connectivity index (χ1) is 12.5. The van der Waals surface area contributed by atoms with Gasteiger partial charge in [0.15, 0.2) is 11.0 Å². The number of benzene rings is 2. The van der Waals surface area contributed by atoms with Crippen LogP contribution in [0.25, 0.3) is 0 Å². The van der Waals surface area contributed by atoms with Crippen LogP contribution in [0.3, 0.4) is 0 Å². The number of carbonyl (C=O) groups is 2. The maximum Gasteiger partial charge on any atom is 0.252 e. The van der Waals surface area contributed by atoms with Crippen LogP contribution in [-0.2, 0) is 4.79 Å². The summed E-state index contributed by atoms with van der Waals surface area (Å²) in [6.45, 7) is 1.93. The number of nitrogens with two attached hydrogens (primary N) is 1. The third kappa shape index (κ3) is 4.22. The van der Waals surface area contributed by atoms with Crippen LogP contribution in [0.2, 0.25) is 0 Å². The maximum absolute atomic E-state index is 12.4. The quantitative estimate of drug-likeness (QED) is 0.620. The third-order valence-corrected chi connectivity index (χ3v) is 4.49. The summed E-state index contributed by atoms with van der Waals surface area (Å²) in [5.41, 5.74) is 7.76. The molecule has 0 fully saturated rings. The summed E-state index contributed by atoms with van der Waals surface area (Å²) in [6, 6.07) is 15.4. The van der Waals surface area contributed by atoms with Crippen LogP contribution in [0.15, 0.2) is 54.6 Å². The van der Waals surface area contributed by atoms with E-state index in [9.17, 15) is 9.59 Å². The highest BCUT2D eigenvalue weighted by Crippen LogP contribution is 2.25. The van der Waals surface area contributed by atoms with Gasteiger partial charge in [0.05, 0.1) is 0 Å². The fourth-order valence-electron chi connectivity index (χ4n) is 2.22. The summed E-state index contributed by atoms with van der Waals surface area (Å²) >= 11 is 1.15. The van der Waals surface area contributed by atoms with Gasteiger partial charge in [0.25, 0.3) is 5.91 Å². The molecule has 0 saturated heterocycles. The molecule has 0 spiro atoms. The highest BCUT2D eigenvalue weighted by atomic mass is 32.1. The minimum atomic E-state index is -1.05. The Kier molecular flexibility index (Phi) is 5.23. The van der Waals surface area contributed by atoms with Crippen LogP contribution in [-0.4, -0.2) is 22.0 Å². The van der Waals surface area contributed by atoms with E-state index in [0.29, 0.717) is 15.7 Å². The molecule has 132 valence electrons. The van der Waals surface area contributed by atoms with Crippen molar-refractivity contribution in [2.24, 2.45) is 5.73 Å². The second kappa shape index (κ2) is 7.75. The van der Waals surface area contributed by atoms with Crippen molar-refractivity contribution in [3.8, 4) is 0 Å². The van der Waals surface area contributed by atoms with Crippen LogP contribution in [0.5, 0.6) is 0 Å². The van der Waals surface area contributed by atoms with Gasteiger partial charge in [0, 0.05) is 11.3 Å². The highest BCUT2D eigenvalue weighted by Gasteiger charge is 2.25. The van der Waals surface area contributed by atoms with Gasteiger partial charge in [0.1, 0.15) is 0 Å². The second-order valence-corrected chi connectivity index (χ2v) is 6.62. The van der Waals surface area contributed by atoms with Crippen LogP contribution in [0.4, 0.5) is 10.8 Å². The Morgan fingerprint density at radius 1 is 1.04 bits per heavy atom. The number of nitrogens with one attached hydrogen (secondary N) is 2. The number of aryl methyl sites for hydroxylation is 1. The summed E-state index contributed by atoms with van der Waals surface area (Å²) in [5.74, 6) is -1.10. The summed E-state index contributed by atoms with van der Waals surface area (Å²) in [6.07, 6.45) is 0. The summed E-state index contributed by atoms with van der Waals surface area (Å²) < 4.78 is 0. The van der Waals surface area contributed by atoms with Gasteiger partial charge in [-0.3, -0.25) is 9.59 Å². The van der Waals surface area contributed by atoms with Crippen molar-refractivity contribution < 1.29 is 9.59 Å². The first kappa shape index (κ1) is 17.6. The number of rotatable bonds is 6. The number of para-hydroxylation sites is 1. The van der Waals surface area contributed by atoms with E-state index in [4.69, 9.17) is 5.73 Å². The van der Waals surface area contributed by atoms with Crippen LogP contribution < -0.4 is 16.4 Å². The van der Waals surface area contributed by atoms with E-state index in [-0.39, 0.29) is 0 Å². The number of hydrogen-bond acceptors (Lipinski definition) is 6. The molecular formula is C18H17N5O2S. The third-order valence-electron chi connectivity index (χ3n) is 3.59. The molecule has 3 aromatic rings. The maximum atomic E-state index is 12.4. The standard InChI is InChI=1S/C18H17N5O2S/c1-11-7-9-12(10-8-11)16(25)21-14(15(19)24)17-22-23-18(26-17)20-13-5-3-2-4-6-13/h2-10,14H,1H3,(H2,19,24)(H,20,23)(H,21,25)/t14-/m1/s1. The van der Waals surface area contributed by atoms with Crippen LogP contribution in [0, 0.1) is 6.92 Å². The predicted molar refractivity (Wildman–Crippen MR) is 100 cm³/mol. The zero-order valence-corrected chi connectivity index (χ0v) is 14.8. The molecule has 1 aromatic heterocycles. The number of hydrogen-bond donors (Lipinski definition) is 3. The van der Waals surface area contributed by atoms with E-state index in [1.807, 2.05) is 49.4 Å². The molecule has 1 atom stereocenters. The Morgan fingerprint density at radius 3 is 2.38 bits per heavy atom. The zero-order chi connectivity index (χ0) is 18.5. The van der Waals surface area contributed by atoms with Gasteiger partial charge >= 0.3 is 0 Å². The van der Waals surface area contributed by atoms with E-state index in [0.717, 1.165) is 22.6 Å². The largest absolute Gasteiger partial charge is 0.367 e. The molecule has 0 unspecified atom stereocenters. The minimum absolute atomic E-state index is 0.316. The molecular weight excluding hydrogens is 350 g/mol. The summed E-state index contributed by atoms with van der Waals surface area (Å²) in [4.78, 5) is 24.2. The molecule has 0 saturated carbocycles. The predicted octanol–water partition coefficient (Wildman–Crippen LogP) is 2.55. The van der Waals surface area contributed by atoms with Crippen molar-refractivity contribution >= 4 is 34.0 Å². The molecule has 8 heteroatoms. The molecule has 0 aliphatic rings. The minimum Gasteiger partial charge on any atom is -0.367 e. The lowest BCUT2D eigenvalue weighted by atomic mass is 10.1. The molecule has 4 N–H and O–H groups in total. The van der Waals surface area contributed by atoms with Crippen molar-refractivity contribution in [1.82, 2.24) is 15.5 Å². The van der Waals surface area contributed by atoms with E-state index in [1.165, 1.54) is 0 Å². The highest BCUT2D eigenvalue weighted by molar-refractivity contribution is 7.15. The number of carbonyl (C=O) groups excluding carboxylic acids is 2. The second-order valence-electron chi connectivity index (χ2n) is 5.61. The lowest BCUT2D eigenvalue weighted by Crippen LogP contribution is -2.37. The van der Waals surface area contributed by atoms with E-state index in [1.54, 1.807) is 12.1 Å². The van der Waals surface area contributed by atoms with Crippen LogP contribution >= 0.6 is 11.3 Å². The number of primary amides is 1. The topological polar surface area (TPSA) is 110 Å².